The van der Waals surface area contributed by atoms with Crippen LogP contribution in [0, 0.1) is 6.92 Å². The molecule has 3 N–H and O–H groups in total. The van der Waals surface area contributed by atoms with Gasteiger partial charge in [0, 0.05) is 12.2 Å². The molecule has 0 saturated carbocycles. The third-order valence-electron chi connectivity index (χ3n) is 2.89. The minimum Gasteiger partial charge on any atom is -0.391 e. The Morgan fingerprint density at radius 2 is 2.31 bits per heavy atom. The Kier molecular flexibility index (Phi) is 2.94. The molecule has 16 heavy (non-hydrogen) atoms. The third-order valence-corrected chi connectivity index (χ3v) is 2.89. The lowest BCUT2D eigenvalue weighted by Gasteiger charge is -2.19. The highest BCUT2D eigenvalue weighted by molar-refractivity contribution is 5.96. The molecule has 1 aliphatic heterocycles. The molecule has 1 unspecified atom stereocenters. The Morgan fingerprint density at radius 1 is 1.56 bits per heavy atom. The Bertz CT molecular complexity index is 417. The van der Waals surface area contributed by atoms with Gasteiger partial charge in [-0.3, -0.25) is 4.79 Å². The van der Waals surface area contributed by atoms with E-state index in [4.69, 9.17) is 5.73 Å². The van der Waals surface area contributed by atoms with Crippen molar-refractivity contribution in [2.24, 2.45) is 5.73 Å². The summed E-state index contributed by atoms with van der Waals surface area (Å²) in [4.78, 5) is 13.3. The highest BCUT2D eigenvalue weighted by Crippen LogP contribution is 2.25. The van der Waals surface area contributed by atoms with Crippen molar-refractivity contribution in [1.82, 2.24) is 0 Å². The number of anilines is 1. The quantitative estimate of drug-likeness (QED) is 0.765. The molecule has 4 heteroatoms. The van der Waals surface area contributed by atoms with E-state index >= 15 is 0 Å². The predicted molar refractivity (Wildman–Crippen MR) is 62.0 cm³/mol. The van der Waals surface area contributed by atoms with Gasteiger partial charge in [-0.1, -0.05) is 12.1 Å². The van der Waals surface area contributed by atoms with E-state index in [0.717, 1.165) is 16.8 Å². The van der Waals surface area contributed by atoms with Crippen molar-refractivity contribution in [3.63, 3.8) is 0 Å². The maximum Gasteiger partial charge on any atom is 0.229 e. The number of amides is 1. The van der Waals surface area contributed by atoms with Crippen LogP contribution in [0.3, 0.4) is 0 Å². The number of aliphatic hydroxyl groups excluding tert-OH is 1. The molecule has 86 valence electrons. The normalized spacial score (nSPS) is 20.6. The maximum atomic E-state index is 11.6. The Labute approximate surface area is 94.7 Å². The number of aliphatic hydroxyl groups is 1. The summed E-state index contributed by atoms with van der Waals surface area (Å²) < 4.78 is 0. The molecule has 0 aliphatic carbocycles. The van der Waals surface area contributed by atoms with Crippen molar-refractivity contribution in [2.45, 2.75) is 26.0 Å². The summed E-state index contributed by atoms with van der Waals surface area (Å²) in [5.41, 5.74) is 8.49. The number of nitrogens with two attached hydrogens (primary N) is 1. The first-order chi connectivity index (χ1) is 7.61. The third kappa shape index (κ3) is 1.94. The fraction of sp³-hybridized carbons (Fsp3) is 0.417. The summed E-state index contributed by atoms with van der Waals surface area (Å²) in [5, 5.41) is 9.44. The number of carbonyl (C=O) groups excluding carboxylic acids is 1. The van der Waals surface area contributed by atoms with Crippen LogP contribution in [-0.4, -0.2) is 23.7 Å². The zero-order chi connectivity index (χ0) is 11.7. The lowest BCUT2D eigenvalue weighted by molar-refractivity contribution is -0.117. The van der Waals surface area contributed by atoms with Crippen LogP contribution in [0.2, 0.25) is 0 Å². The predicted octanol–water partition coefficient (Wildman–Crippen LogP) is 0.551. The van der Waals surface area contributed by atoms with E-state index in [0.29, 0.717) is 13.1 Å². The van der Waals surface area contributed by atoms with Crippen LogP contribution in [0.4, 0.5) is 5.69 Å². The molecule has 0 bridgehead atoms. The summed E-state index contributed by atoms with van der Waals surface area (Å²) in [7, 11) is 0. The zero-order valence-electron chi connectivity index (χ0n) is 9.31. The molecule has 1 heterocycles. The van der Waals surface area contributed by atoms with Gasteiger partial charge in [-0.2, -0.15) is 0 Å². The molecule has 1 saturated heterocycles. The van der Waals surface area contributed by atoms with Gasteiger partial charge in [-0.15, -0.1) is 0 Å². The van der Waals surface area contributed by atoms with Gasteiger partial charge >= 0.3 is 0 Å². The highest BCUT2D eigenvalue weighted by atomic mass is 16.3. The van der Waals surface area contributed by atoms with E-state index in [1.165, 1.54) is 0 Å². The first kappa shape index (κ1) is 11.1. The Balaban J connectivity index is 2.30. The lowest BCUT2D eigenvalue weighted by Crippen LogP contribution is -2.26. The van der Waals surface area contributed by atoms with Gasteiger partial charge < -0.3 is 15.7 Å². The molecular formula is C12H16N2O2. The minimum absolute atomic E-state index is 0.0175. The average Bonchev–Trinajstić information content (AvgIpc) is 2.57. The maximum absolute atomic E-state index is 11.6. The van der Waals surface area contributed by atoms with Gasteiger partial charge in [0.15, 0.2) is 0 Å². The number of β-amino-alcohol motifs (C(OH)–C–C–N with tert-alkyl or cyclic N) is 1. The highest BCUT2D eigenvalue weighted by Gasteiger charge is 2.29. The van der Waals surface area contributed by atoms with Crippen LogP contribution in [0.15, 0.2) is 18.2 Å². The van der Waals surface area contributed by atoms with Crippen molar-refractivity contribution in [3.8, 4) is 0 Å². The molecule has 4 nitrogen and oxygen atoms in total. The van der Waals surface area contributed by atoms with Crippen molar-refractivity contribution >= 4 is 11.6 Å². The molecule has 2 rings (SSSR count). The molecule has 1 atom stereocenters. The van der Waals surface area contributed by atoms with Gasteiger partial charge in [0.25, 0.3) is 0 Å². The minimum atomic E-state index is -0.541. The zero-order valence-corrected chi connectivity index (χ0v) is 9.31. The second-order valence-electron chi connectivity index (χ2n) is 4.19. The molecular weight excluding hydrogens is 204 g/mol. The van der Waals surface area contributed by atoms with Gasteiger partial charge in [-0.05, 0) is 24.1 Å². The first-order valence-corrected chi connectivity index (χ1v) is 5.40. The van der Waals surface area contributed by atoms with Gasteiger partial charge in [0.1, 0.15) is 0 Å². The van der Waals surface area contributed by atoms with E-state index < -0.39 is 6.10 Å². The number of hydrogen-bond acceptors (Lipinski definition) is 3. The molecule has 1 aromatic rings. The first-order valence-electron chi connectivity index (χ1n) is 5.40. The Hall–Kier alpha value is -1.39. The van der Waals surface area contributed by atoms with Crippen LogP contribution in [0.1, 0.15) is 17.5 Å². The van der Waals surface area contributed by atoms with Crippen LogP contribution in [-0.2, 0) is 11.3 Å². The number of nitrogens with zero attached hydrogens (tertiary/aromatic N) is 1. The van der Waals surface area contributed by atoms with Crippen LogP contribution >= 0.6 is 0 Å². The van der Waals surface area contributed by atoms with Gasteiger partial charge in [-0.25, -0.2) is 0 Å². The molecule has 0 radical (unpaired) electrons. The lowest BCUT2D eigenvalue weighted by atomic mass is 10.1. The molecule has 1 aromatic carbocycles. The fourth-order valence-electron chi connectivity index (χ4n) is 2.07. The van der Waals surface area contributed by atoms with Gasteiger partial charge in [0.2, 0.25) is 5.91 Å². The number of aryl methyl sites for hydroxylation is 1. The van der Waals surface area contributed by atoms with Crippen molar-refractivity contribution in [2.75, 3.05) is 11.4 Å². The van der Waals surface area contributed by atoms with Crippen LogP contribution in [0.5, 0.6) is 0 Å². The Morgan fingerprint density at radius 3 is 2.81 bits per heavy atom. The number of rotatable bonds is 2. The standard InChI is InChI=1S/C12H16N2O2/c1-8-4-9(6-13)2-3-11(8)14-7-10(15)5-12(14)16/h2-4,10,15H,5-7,13H2,1H3. The second kappa shape index (κ2) is 4.23. The van der Waals surface area contributed by atoms with Crippen molar-refractivity contribution in [1.29, 1.82) is 0 Å². The summed E-state index contributed by atoms with van der Waals surface area (Å²) in [6.07, 6.45) is -0.320. The van der Waals surface area contributed by atoms with Gasteiger partial charge in [0.05, 0.1) is 19.1 Å². The van der Waals surface area contributed by atoms with Crippen molar-refractivity contribution < 1.29 is 9.90 Å². The SMILES string of the molecule is Cc1cc(CN)ccc1N1CC(O)CC1=O. The molecule has 1 amide bonds. The average molecular weight is 220 g/mol. The number of hydrogen-bond donors (Lipinski definition) is 2. The summed E-state index contributed by atoms with van der Waals surface area (Å²) >= 11 is 0. The smallest absolute Gasteiger partial charge is 0.229 e. The largest absolute Gasteiger partial charge is 0.391 e. The summed E-state index contributed by atoms with van der Waals surface area (Å²) in [5.74, 6) is -0.0175. The monoisotopic (exact) mass is 220 g/mol. The molecule has 1 fully saturated rings. The molecule has 0 spiro atoms. The number of benzene rings is 1. The van der Waals surface area contributed by atoms with Crippen LogP contribution in [0.25, 0.3) is 0 Å². The van der Waals surface area contributed by atoms with E-state index in [1.807, 2.05) is 25.1 Å². The van der Waals surface area contributed by atoms with E-state index in [-0.39, 0.29) is 12.3 Å². The van der Waals surface area contributed by atoms with E-state index in [2.05, 4.69) is 0 Å². The van der Waals surface area contributed by atoms with Crippen LogP contribution < -0.4 is 10.6 Å². The second-order valence-corrected chi connectivity index (χ2v) is 4.19. The molecule has 0 aromatic heterocycles. The fourth-order valence-corrected chi connectivity index (χ4v) is 2.07. The van der Waals surface area contributed by atoms with E-state index in [9.17, 15) is 9.90 Å². The van der Waals surface area contributed by atoms with E-state index in [1.54, 1.807) is 4.90 Å². The topological polar surface area (TPSA) is 66.6 Å². The molecule has 1 aliphatic rings. The summed E-state index contributed by atoms with van der Waals surface area (Å²) in [6.45, 7) is 2.84. The summed E-state index contributed by atoms with van der Waals surface area (Å²) in [6, 6.07) is 5.79. The van der Waals surface area contributed by atoms with Crippen molar-refractivity contribution in [3.05, 3.63) is 29.3 Å². The number of carbonyl (C=O) groups is 1.